The lowest BCUT2D eigenvalue weighted by molar-refractivity contribution is -0.141. The monoisotopic (exact) mass is 749 g/mol. The Hall–Kier alpha value is -4.78. The molecule has 19 heteroatoms. The normalized spacial score (nSPS) is 15.1. The largest absolute Gasteiger partial charge is 0.481 e. The summed E-state index contributed by atoms with van der Waals surface area (Å²) in [7, 11) is 4.44. The minimum absolute atomic E-state index is 0.0685. The fraction of sp³-hybridized carbons (Fsp3) is 0.500. The number of nitrogens with two attached hydrogens (primary N) is 2. The minimum atomic E-state index is -1.65. The van der Waals surface area contributed by atoms with Crippen LogP contribution in [0.3, 0.4) is 0 Å². The summed E-state index contributed by atoms with van der Waals surface area (Å²) < 4.78 is 0. The summed E-state index contributed by atoms with van der Waals surface area (Å²) in [5.41, 5.74) is 11.0. The molecule has 2 rings (SSSR count). The maximum atomic E-state index is 13.7. The standard InChI is InChI=1S/C32H47N9O8S2/c1-35-30(48)24-12-8-15-41(24)31(49)23(17-20-9-4-3-5-10-20)40-29(47)22(18-27(44)45)39-26(43)19-37-28(46)21(11-6-7-14-36-32(33)34)38-25(42)13-16-51-50-2/h3-5,9-10,17,21-22,24H,6-8,11-16,18-19H2,1-2H3,(H,35,48)(H,37,46)(H,38,42)(H,39,43)(H,40,47)(H,44,45)(H4,33,34,36)/b23-17+/t21-,22-,24-/m0/s1. The number of unbranched alkanes of at least 4 members (excludes halogenated alkanes) is 1. The first-order valence-electron chi connectivity index (χ1n) is 16.3. The number of carbonyl (C=O) groups is 7. The lowest BCUT2D eigenvalue weighted by Gasteiger charge is -2.26. The van der Waals surface area contributed by atoms with Crippen LogP contribution < -0.4 is 38.1 Å². The number of nitrogens with one attached hydrogen (secondary N) is 5. The molecule has 1 aromatic rings. The molecule has 280 valence electrons. The molecule has 6 amide bonds. The third-order valence-corrected chi connectivity index (χ3v) is 9.31. The zero-order valence-corrected chi connectivity index (χ0v) is 30.3. The first-order valence-corrected chi connectivity index (χ1v) is 19.0. The van der Waals surface area contributed by atoms with Crippen molar-refractivity contribution in [2.24, 2.45) is 16.5 Å². The van der Waals surface area contributed by atoms with E-state index >= 15 is 0 Å². The second-order valence-electron chi connectivity index (χ2n) is 11.3. The molecule has 1 heterocycles. The molecule has 1 aliphatic rings. The maximum Gasteiger partial charge on any atom is 0.305 e. The highest BCUT2D eigenvalue weighted by Crippen LogP contribution is 2.21. The Balaban J connectivity index is 2.16. The Kier molecular flexibility index (Phi) is 19.0. The highest BCUT2D eigenvalue weighted by molar-refractivity contribution is 8.76. The Morgan fingerprint density at radius 1 is 1.02 bits per heavy atom. The van der Waals surface area contributed by atoms with Crippen LogP contribution in [0.25, 0.3) is 6.08 Å². The SMILES string of the molecule is CNC(=O)[C@@H]1CCCN1C(=O)/C(=C\c1ccccc1)NC(=O)[C@H](CC(=O)O)NC(=O)CNC(=O)[C@H](CCCCN=C(N)N)NC(=O)CCSSC. The molecular weight excluding hydrogens is 703 g/mol. The Morgan fingerprint density at radius 2 is 1.73 bits per heavy atom. The number of carboxylic acids is 1. The van der Waals surface area contributed by atoms with E-state index in [1.165, 1.54) is 39.6 Å². The quantitative estimate of drug-likeness (QED) is 0.0255. The van der Waals surface area contributed by atoms with Gasteiger partial charge in [0, 0.05) is 32.3 Å². The molecule has 0 spiro atoms. The zero-order chi connectivity index (χ0) is 37.8. The van der Waals surface area contributed by atoms with Gasteiger partial charge >= 0.3 is 5.97 Å². The Labute approximate surface area is 304 Å². The van der Waals surface area contributed by atoms with Crippen LogP contribution in [0.4, 0.5) is 0 Å². The number of amides is 6. The fourth-order valence-electron chi connectivity index (χ4n) is 5.03. The molecular formula is C32H47N9O8S2. The number of rotatable bonds is 21. The van der Waals surface area contributed by atoms with E-state index in [0.29, 0.717) is 43.5 Å². The molecule has 0 saturated carbocycles. The van der Waals surface area contributed by atoms with Crippen molar-refractivity contribution in [2.45, 2.75) is 63.1 Å². The van der Waals surface area contributed by atoms with Crippen LogP contribution in [-0.4, -0.2) is 114 Å². The average Bonchev–Trinajstić information content (AvgIpc) is 3.59. The number of hydrogen-bond acceptors (Lipinski definition) is 10. The summed E-state index contributed by atoms with van der Waals surface area (Å²) in [4.78, 5) is 95.0. The molecule has 1 aromatic carbocycles. The van der Waals surface area contributed by atoms with Gasteiger partial charge in [0.2, 0.25) is 29.5 Å². The predicted octanol–water partition coefficient (Wildman–Crippen LogP) is -0.714. The van der Waals surface area contributed by atoms with Gasteiger partial charge < -0.3 is 48.1 Å². The first-order chi connectivity index (χ1) is 24.4. The van der Waals surface area contributed by atoms with Gasteiger partial charge in [0.15, 0.2) is 5.96 Å². The predicted molar refractivity (Wildman–Crippen MR) is 196 cm³/mol. The number of likely N-dealkylation sites (tertiary alicyclic amines) is 1. The average molecular weight is 750 g/mol. The van der Waals surface area contributed by atoms with Crippen molar-refractivity contribution in [3.05, 3.63) is 41.6 Å². The van der Waals surface area contributed by atoms with Crippen molar-refractivity contribution >= 4 is 75.0 Å². The van der Waals surface area contributed by atoms with Crippen molar-refractivity contribution < 1.29 is 38.7 Å². The van der Waals surface area contributed by atoms with E-state index in [2.05, 4.69) is 31.6 Å². The van der Waals surface area contributed by atoms with Gasteiger partial charge in [-0.15, -0.1) is 0 Å². The number of nitrogens with zero attached hydrogens (tertiary/aromatic N) is 2. The first kappa shape index (κ1) is 42.4. The second kappa shape index (κ2) is 22.8. The Morgan fingerprint density at radius 3 is 2.37 bits per heavy atom. The molecule has 0 aliphatic carbocycles. The van der Waals surface area contributed by atoms with E-state index in [4.69, 9.17) is 11.5 Å². The summed E-state index contributed by atoms with van der Waals surface area (Å²) in [5.74, 6) is -4.89. The van der Waals surface area contributed by atoms with Gasteiger partial charge in [-0.1, -0.05) is 51.9 Å². The summed E-state index contributed by atoms with van der Waals surface area (Å²) in [6.45, 7) is -0.0640. The van der Waals surface area contributed by atoms with Crippen molar-refractivity contribution in [2.75, 3.05) is 38.7 Å². The molecule has 1 fully saturated rings. The molecule has 0 unspecified atom stereocenters. The highest BCUT2D eigenvalue weighted by atomic mass is 33.1. The van der Waals surface area contributed by atoms with Crippen LogP contribution in [0.5, 0.6) is 0 Å². The number of carbonyl (C=O) groups excluding carboxylic acids is 6. The number of aliphatic imine (C=N–C) groups is 1. The molecule has 3 atom stereocenters. The molecule has 17 nitrogen and oxygen atoms in total. The Bertz CT molecular complexity index is 1440. The summed E-state index contributed by atoms with van der Waals surface area (Å²) in [6, 6.07) is 5.16. The van der Waals surface area contributed by atoms with E-state index in [9.17, 15) is 38.7 Å². The van der Waals surface area contributed by atoms with Gasteiger partial charge in [-0.2, -0.15) is 0 Å². The van der Waals surface area contributed by atoms with Crippen LogP contribution in [0.2, 0.25) is 0 Å². The van der Waals surface area contributed by atoms with Crippen LogP contribution in [-0.2, 0) is 33.6 Å². The van der Waals surface area contributed by atoms with Crippen molar-refractivity contribution in [3.63, 3.8) is 0 Å². The summed E-state index contributed by atoms with van der Waals surface area (Å²) in [6.07, 6.45) is 4.80. The number of carboxylic acid groups (broad SMARTS) is 1. The van der Waals surface area contributed by atoms with E-state index in [1.807, 2.05) is 6.26 Å². The zero-order valence-electron chi connectivity index (χ0n) is 28.6. The van der Waals surface area contributed by atoms with E-state index < -0.39 is 60.7 Å². The lowest BCUT2D eigenvalue weighted by atomic mass is 10.1. The van der Waals surface area contributed by atoms with E-state index in [0.717, 1.165) is 0 Å². The molecule has 1 saturated heterocycles. The maximum absolute atomic E-state index is 13.7. The number of aliphatic carboxylic acids is 1. The van der Waals surface area contributed by atoms with Crippen molar-refractivity contribution in [1.82, 2.24) is 31.5 Å². The van der Waals surface area contributed by atoms with Crippen LogP contribution in [0.15, 0.2) is 41.0 Å². The molecule has 0 bridgehead atoms. The molecule has 10 N–H and O–H groups in total. The van der Waals surface area contributed by atoms with Gasteiger partial charge in [-0.3, -0.25) is 38.6 Å². The molecule has 51 heavy (non-hydrogen) atoms. The molecule has 0 radical (unpaired) electrons. The topological polar surface area (TPSA) is 268 Å². The third kappa shape index (κ3) is 15.8. The number of benzene rings is 1. The fourth-order valence-corrected chi connectivity index (χ4v) is 6.22. The summed E-state index contributed by atoms with van der Waals surface area (Å²) in [5, 5.41) is 21.9. The van der Waals surface area contributed by atoms with Gasteiger partial charge in [0.1, 0.15) is 23.8 Å². The van der Waals surface area contributed by atoms with E-state index in [-0.39, 0.29) is 42.9 Å². The van der Waals surface area contributed by atoms with Gasteiger partial charge in [-0.05, 0) is 50.0 Å². The van der Waals surface area contributed by atoms with Gasteiger partial charge in [0.25, 0.3) is 5.91 Å². The molecule has 1 aliphatic heterocycles. The van der Waals surface area contributed by atoms with Crippen molar-refractivity contribution in [1.29, 1.82) is 0 Å². The third-order valence-electron chi connectivity index (χ3n) is 7.49. The number of guanidine groups is 1. The number of hydrogen-bond donors (Lipinski definition) is 8. The van der Waals surface area contributed by atoms with Crippen LogP contribution in [0, 0.1) is 0 Å². The number of likely N-dealkylation sites (N-methyl/N-ethyl adjacent to an activating group) is 1. The smallest absolute Gasteiger partial charge is 0.305 e. The highest BCUT2D eigenvalue weighted by Gasteiger charge is 2.36. The molecule has 0 aromatic heterocycles. The second-order valence-corrected chi connectivity index (χ2v) is 14.0. The minimum Gasteiger partial charge on any atom is -0.481 e. The lowest BCUT2D eigenvalue weighted by Crippen LogP contribution is -2.53. The summed E-state index contributed by atoms with van der Waals surface area (Å²) >= 11 is 0. The van der Waals surface area contributed by atoms with Crippen LogP contribution in [0.1, 0.15) is 50.5 Å². The van der Waals surface area contributed by atoms with Crippen molar-refractivity contribution in [3.8, 4) is 0 Å². The van der Waals surface area contributed by atoms with E-state index in [1.54, 1.807) is 30.3 Å². The van der Waals surface area contributed by atoms with Gasteiger partial charge in [-0.25, -0.2) is 0 Å². The van der Waals surface area contributed by atoms with Crippen LogP contribution >= 0.6 is 21.6 Å². The van der Waals surface area contributed by atoms with Gasteiger partial charge in [0.05, 0.1) is 13.0 Å².